The summed E-state index contributed by atoms with van der Waals surface area (Å²) in [5, 5.41) is 11.4. The second kappa shape index (κ2) is 3.90. The molecule has 1 aromatic rings. The van der Waals surface area contributed by atoms with Gasteiger partial charge in [0.15, 0.2) is 5.82 Å². The summed E-state index contributed by atoms with van der Waals surface area (Å²) in [7, 11) is 1.64. The third kappa shape index (κ3) is 1.92. The van der Waals surface area contributed by atoms with Crippen molar-refractivity contribution in [2.24, 2.45) is 12.5 Å². The molecule has 1 saturated heterocycles. The van der Waals surface area contributed by atoms with Gasteiger partial charge < -0.3 is 0 Å². The van der Waals surface area contributed by atoms with Crippen molar-refractivity contribution in [2.45, 2.75) is 33.2 Å². The van der Waals surface area contributed by atoms with Crippen LogP contribution in [0.15, 0.2) is 0 Å². The number of rotatable bonds is 3. The number of hydrogen-bond acceptors (Lipinski definition) is 5. The van der Waals surface area contributed by atoms with Crippen LogP contribution in [0.5, 0.6) is 0 Å². The first-order valence-corrected chi connectivity index (χ1v) is 5.54. The lowest BCUT2D eigenvalue weighted by molar-refractivity contribution is -0.142. The molecule has 0 bridgehead atoms. The quantitative estimate of drug-likeness (QED) is 0.685. The number of tetrazole rings is 1. The summed E-state index contributed by atoms with van der Waals surface area (Å²) in [6.45, 7) is 3.84. The van der Waals surface area contributed by atoms with Crippen molar-refractivity contribution in [1.82, 2.24) is 25.1 Å². The fourth-order valence-electron chi connectivity index (χ4n) is 1.91. The number of aromatic nitrogens is 4. The zero-order valence-corrected chi connectivity index (χ0v) is 10.2. The molecule has 1 aliphatic rings. The summed E-state index contributed by atoms with van der Waals surface area (Å²) < 4.78 is 0. The maximum Gasteiger partial charge on any atom is 0.236 e. The monoisotopic (exact) mass is 237 g/mol. The number of nitrogens with zero attached hydrogens (tertiary/aromatic N) is 5. The number of carbonyl (C=O) groups is 2. The van der Waals surface area contributed by atoms with E-state index in [0.29, 0.717) is 12.2 Å². The molecule has 2 amide bonds. The molecule has 0 spiro atoms. The zero-order chi connectivity index (χ0) is 12.6. The van der Waals surface area contributed by atoms with E-state index in [1.807, 2.05) is 13.8 Å². The summed E-state index contributed by atoms with van der Waals surface area (Å²) in [4.78, 5) is 26.4. The van der Waals surface area contributed by atoms with Crippen LogP contribution in [0.4, 0.5) is 0 Å². The fraction of sp³-hybridized carbons (Fsp3) is 0.700. The molecular formula is C10H15N5O2. The summed E-state index contributed by atoms with van der Waals surface area (Å²) in [6.07, 6.45) is 0.921. The molecule has 1 atom stereocenters. The lowest BCUT2D eigenvalue weighted by atomic mass is 9.86. The summed E-state index contributed by atoms with van der Waals surface area (Å²) in [6, 6.07) is 0. The Morgan fingerprint density at radius 2 is 2.12 bits per heavy atom. The smallest absolute Gasteiger partial charge is 0.236 e. The predicted molar refractivity (Wildman–Crippen MR) is 57.4 cm³/mol. The second-order valence-corrected chi connectivity index (χ2v) is 4.57. The van der Waals surface area contributed by atoms with E-state index >= 15 is 0 Å². The van der Waals surface area contributed by atoms with Gasteiger partial charge in [-0.25, -0.2) is 0 Å². The Hall–Kier alpha value is -1.79. The number of carbonyl (C=O) groups excluding carboxylic acids is 2. The number of likely N-dealkylation sites (tertiary alicyclic amines) is 1. The molecule has 0 saturated carbocycles. The average Bonchev–Trinajstić information content (AvgIpc) is 2.78. The third-order valence-electron chi connectivity index (χ3n) is 3.23. The molecule has 0 radical (unpaired) electrons. The van der Waals surface area contributed by atoms with Gasteiger partial charge in [0, 0.05) is 6.42 Å². The van der Waals surface area contributed by atoms with Crippen molar-refractivity contribution in [3.05, 3.63) is 5.82 Å². The molecule has 92 valence electrons. The van der Waals surface area contributed by atoms with E-state index in [-0.39, 0.29) is 24.8 Å². The van der Waals surface area contributed by atoms with Gasteiger partial charge >= 0.3 is 0 Å². The van der Waals surface area contributed by atoms with Gasteiger partial charge in [-0.1, -0.05) is 13.8 Å². The molecule has 2 rings (SSSR count). The Morgan fingerprint density at radius 1 is 1.41 bits per heavy atom. The van der Waals surface area contributed by atoms with Gasteiger partial charge in [-0.3, -0.25) is 14.5 Å². The van der Waals surface area contributed by atoms with Gasteiger partial charge in [-0.2, -0.15) is 4.80 Å². The largest absolute Gasteiger partial charge is 0.274 e. The maximum atomic E-state index is 12.1. The SMILES string of the molecule is CC[C@@]1(C)CC(=O)N(Cc2nnn(C)n2)C1=O. The maximum absolute atomic E-state index is 12.1. The van der Waals surface area contributed by atoms with E-state index in [2.05, 4.69) is 15.4 Å². The second-order valence-electron chi connectivity index (χ2n) is 4.57. The highest BCUT2D eigenvalue weighted by Gasteiger charge is 2.47. The Bertz CT molecular complexity index is 469. The molecule has 7 nitrogen and oxygen atoms in total. The molecule has 1 fully saturated rings. The summed E-state index contributed by atoms with van der Waals surface area (Å²) >= 11 is 0. The van der Waals surface area contributed by atoms with E-state index < -0.39 is 5.41 Å². The first-order chi connectivity index (χ1) is 7.96. The van der Waals surface area contributed by atoms with E-state index in [0.717, 1.165) is 0 Å². The minimum Gasteiger partial charge on any atom is -0.274 e. The molecule has 1 aromatic heterocycles. The standard InChI is InChI=1S/C10H15N5O2/c1-4-10(2)5-8(16)15(9(10)17)6-7-11-13-14(3)12-7/h4-6H2,1-3H3/t10-/m0/s1. The van der Waals surface area contributed by atoms with Crippen LogP contribution < -0.4 is 0 Å². The van der Waals surface area contributed by atoms with Gasteiger partial charge in [0.25, 0.3) is 0 Å². The summed E-state index contributed by atoms with van der Waals surface area (Å²) in [5.74, 6) is 0.0822. The average molecular weight is 237 g/mol. The first-order valence-electron chi connectivity index (χ1n) is 5.54. The molecule has 2 heterocycles. The highest BCUT2D eigenvalue weighted by atomic mass is 16.2. The van der Waals surface area contributed by atoms with Gasteiger partial charge in [-0.15, -0.1) is 10.2 Å². The van der Waals surface area contributed by atoms with Crippen LogP contribution in [0.25, 0.3) is 0 Å². The van der Waals surface area contributed by atoms with Crippen molar-refractivity contribution >= 4 is 11.8 Å². The fourth-order valence-corrected chi connectivity index (χ4v) is 1.91. The van der Waals surface area contributed by atoms with Crippen molar-refractivity contribution in [3.63, 3.8) is 0 Å². The zero-order valence-electron chi connectivity index (χ0n) is 10.2. The summed E-state index contributed by atoms with van der Waals surface area (Å²) in [5.41, 5.74) is -0.570. The van der Waals surface area contributed by atoms with Crippen LogP contribution in [0, 0.1) is 5.41 Å². The van der Waals surface area contributed by atoms with Gasteiger partial charge in [0.05, 0.1) is 19.0 Å². The van der Waals surface area contributed by atoms with Gasteiger partial charge in [-0.05, 0) is 11.6 Å². The Kier molecular flexibility index (Phi) is 2.68. The number of aryl methyl sites for hydroxylation is 1. The molecule has 7 heteroatoms. The van der Waals surface area contributed by atoms with Gasteiger partial charge in [0.1, 0.15) is 0 Å². The Morgan fingerprint density at radius 3 is 2.59 bits per heavy atom. The molecular weight excluding hydrogens is 222 g/mol. The molecule has 0 unspecified atom stereocenters. The van der Waals surface area contributed by atoms with E-state index in [9.17, 15) is 9.59 Å². The predicted octanol–water partition coefficient (Wildman–Crippen LogP) is -0.115. The van der Waals surface area contributed by atoms with Crippen LogP contribution in [0.2, 0.25) is 0 Å². The van der Waals surface area contributed by atoms with E-state index in [1.54, 1.807) is 7.05 Å². The van der Waals surface area contributed by atoms with Gasteiger partial charge in [0.2, 0.25) is 11.8 Å². The first kappa shape index (κ1) is 11.7. The molecule has 0 aliphatic carbocycles. The lowest BCUT2D eigenvalue weighted by Crippen LogP contribution is -2.33. The van der Waals surface area contributed by atoms with Crippen LogP contribution in [-0.4, -0.2) is 36.9 Å². The topological polar surface area (TPSA) is 81.0 Å². The van der Waals surface area contributed by atoms with Crippen LogP contribution in [0.1, 0.15) is 32.5 Å². The highest BCUT2D eigenvalue weighted by Crippen LogP contribution is 2.35. The van der Waals surface area contributed by atoms with Crippen LogP contribution >= 0.6 is 0 Å². The number of hydrogen-bond donors (Lipinski definition) is 0. The third-order valence-corrected chi connectivity index (χ3v) is 3.23. The van der Waals surface area contributed by atoms with Crippen molar-refractivity contribution in [1.29, 1.82) is 0 Å². The minimum absolute atomic E-state index is 0.112. The number of imide groups is 1. The molecule has 17 heavy (non-hydrogen) atoms. The van der Waals surface area contributed by atoms with E-state index in [4.69, 9.17) is 0 Å². The Balaban J connectivity index is 2.17. The van der Waals surface area contributed by atoms with Crippen molar-refractivity contribution in [2.75, 3.05) is 0 Å². The normalized spacial score (nSPS) is 24.8. The highest BCUT2D eigenvalue weighted by molar-refractivity contribution is 6.05. The van der Waals surface area contributed by atoms with E-state index in [1.165, 1.54) is 9.70 Å². The molecule has 1 aliphatic heterocycles. The van der Waals surface area contributed by atoms with Crippen LogP contribution in [0.3, 0.4) is 0 Å². The van der Waals surface area contributed by atoms with Crippen molar-refractivity contribution < 1.29 is 9.59 Å². The molecule has 0 aromatic carbocycles. The Labute approximate surface area is 98.8 Å². The minimum atomic E-state index is -0.570. The van der Waals surface area contributed by atoms with Crippen molar-refractivity contribution in [3.8, 4) is 0 Å². The number of amides is 2. The van der Waals surface area contributed by atoms with Crippen LogP contribution in [-0.2, 0) is 23.2 Å². The molecule has 0 N–H and O–H groups in total. The lowest BCUT2D eigenvalue weighted by Gasteiger charge is -2.19.